The first-order valence-corrected chi connectivity index (χ1v) is 8.66. The van der Waals surface area contributed by atoms with E-state index in [1.54, 1.807) is 39.5 Å². The lowest BCUT2D eigenvalue weighted by Crippen LogP contribution is -2.19. The van der Waals surface area contributed by atoms with Crippen LogP contribution in [0.3, 0.4) is 0 Å². The summed E-state index contributed by atoms with van der Waals surface area (Å²) in [5.74, 6) is 1.53. The molecule has 0 saturated carbocycles. The molecule has 29 heavy (non-hydrogen) atoms. The second-order valence-corrected chi connectivity index (χ2v) is 5.86. The van der Waals surface area contributed by atoms with E-state index in [9.17, 15) is 4.79 Å². The number of rotatable bonds is 7. The highest BCUT2D eigenvalue weighted by molar-refractivity contribution is 5.93. The van der Waals surface area contributed by atoms with E-state index in [1.165, 1.54) is 18.6 Å². The Morgan fingerprint density at radius 2 is 1.55 bits per heavy atom. The van der Waals surface area contributed by atoms with Gasteiger partial charge in [0, 0.05) is 17.2 Å². The zero-order chi connectivity index (χ0) is 20.6. The maximum atomic E-state index is 12.2. The highest BCUT2D eigenvalue weighted by Crippen LogP contribution is 2.21. The first-order valence-electron chi connectivity index (χ1n) is 8.66. The van der Waals surface area contributed by atoms with Gasteiger partial charge < -0.3 is 14.2 Å². The minimum absolute atomic E-state index is 0.155. The first kappa shape index (κ1) is 19.8. The molecule has 8 heteroatoms. The molecule has 0 spiro atoms. The van der Waals surface area contributed by atoms with Crippen molar-refractivity contribution in [2.75, 3.05) is 21.3 Å². The summed E-state index contributed by atoms with van der Waals surface area (Å²) in [6.07, 6.45) is 4.43. The summed E-state index contributed by atoms with van der Waals surface area (Å²) < 4.78 is 15.5. The van der Waals surface area contributed by atoms with Gasteiger partial charge in [-0.1, -0.05) is 0 Å². The molecule has 0 bridgehead atoms. The number of nitrogens with zero attached hydrogens (tertiary/aromatic N) is 3. The zero-order valence-corrected chi connectivity index (χ0v) is 16.2. The standard InChI is InChI=1S/C21H20N4O4/c1-27-16-6-4-15(5-7-16)19-12-23-20(13-22-19)21(26)25-24-11-14-8-17(28-2)10-18(9-14)29-3/h4-13H,1-3H3,(H,25,26). The van der Waals surface area contributed by atoms with Crippen molar-refractivity contribution >= 4 is 12.1 Å². The van der Waals surface area contributed by atoms with Crippen LogP contribution in [0.2, 0.25) is 0 Å². The molecule has 0 unspecified atom stereocenters. The summed E-state index contributed by atoms with van der Waals surface area (Å²) in [7, 11) is 4.73. The fraction of sp³-hybridized carbons (Fsp3) is 0.143. The average Bonchev–Trinajstić information content (AvgIpc) is 2.78. The molecule has 0 radical (unpaired) electrons. The Labute approximate surface area is 168 Å². The maximum absolute atomic E-state index is 12.2. The Bertz CT molecular complexity index is 980. The second kappa shape index (κ2) is 9.32. The number of nitrogens with one attached hydrogen (secondary N) is 1. The Hall–Kier alpha value is -3.94. The number of benzene rings is 2. The topological polar surface area (TPSA) is 94.9 Å². The van der Waals surface area contributed by atoms with Gasteiger partial charge in [-0.2, -0.15) is 5.10 Å². The van der Waals surface area contributed by atoms with Crippen LogP contribution in [-0.4, -0.2) is 43.4 Å². The number of ether oxygens (including phenoxy) is 3. The summed E-state index contributed by atoms with van der Waals surface area (Å²) in [5, 5.41) is 3.95. The summed E-state index contributed by atoms with van der Waals surface area (Å²) >= 11 is 0. The molecule has 1 aromatic heterocycles. The molecule has 0 fully saturated rings. The molecular formula is C21H20N4O4. The Morgan fingerprint density at radius 1 is 0.897 bits per heavy atom. The van der Waals surface area contributed by atoms with E-state index >= 15 is 0 Å². The van der Waals surface area contributed by atoms with Crippen molar-refractivity contribution < 1.29 is 19.0 Å². The van der Waals surface area contributed by atoms with Crippen molar-refractivity contribution in [1.29, 1.82) is 0 Å². The Morgan fingerprint density at radius 3 is 2.10 bits per heavy atom. The predicted molar refractivity (Wildman–Crippen MR) is 109 cm³/mol. The van der Waals surface area contributed by atoms with Crippen molar-refractivity contribution in [3.63, 3.8) is 0 Å². The van der Waals surface area contributed by atoms with Crippen molar-refractivity contribution in [3.05, 3.63) is 66.1 Å². The number of amides is 1. The maximum Gasteiger partial charge on any atom is 0.291 e. The van der Waals surface area contributed by atoms with Gasteiger partial charge >= 0.3 is 0 Å². The number of hydrogen-bond acceptors (Lipinski definition) is 7. The Balaban J connectivity index is 1.65. The van der Waals surface area contributed by atoms with E-state index in [4.69, 9.17) is 14.2 Å². The van der Waals surface area contributed by atoms with Crippen LogP contribution in [0.4, 0.5) is 0 Å². The van der Waals surface area contributed by atoms with E-state index in [0.717, 1.165) is 11.3 Å². The largest absolute Gasteiger partial charge is 0.497 e. The van der Waals surface area contributed by atoms with Crippen LogP contribution < -0.4 is 19.6 Å². The molecule has 0 aliphatic rings. The third kappa shape index (κ3) is 5.07. The van der Waals surface area contributed by atoms with Gasteiger partial charge in [0.2, 0.25) is 0 Å². The lowest BCUT2D eigenvalue weighted by molar-refractivity contribution is 0.0950. The van der Waals surface area contributed by atoms with Crippen molar-refractivity contribution in [2.45, 2.75) is 0 Å². The van der Waals surface area contributed by atoms with Gasteiger partial charge in [-0.25, -0.2) is 10.4 Å². The van der Waals surface area contributed by atoms with Gasteiger partial charge in [-0.3, -0.25) is 9.78 Å². The highest BCUT2D eigenvalue weighted by Gasteiger charge is 2.08. The van der Waals surface area contributed by atoms with Gasteiger partial charge in [-0.05, 0) is 36.4 Å². The molecule has 1 amide bonds. The lowest BCUT2D eigenvalue weighted by Gasteiger charge is -2.05. The molecule has 8 nitrogen and oxygen atoms in total. The highest BCUT2D eigenvalue weighted by atomic mass is 16.5. The summed E-state index contributed by atoms with van der Waals surface area (Å²) in [6.45, 7) is 0. The number of aromatic nitrogens is 2. The molecule has 0 aliphatic carbocycles. The van der Waals surface area contributed by atoms with Gasteiger partial charge in [0.1, 0.15) is 22.9 Å². The molecule has 1 heterocycles. The van der Waals surface area contributed by atoms with Crippen LogP contribution in [0.5, 0.6) is 17.2 Å². The molecule has 2 aromatic carbocycles. The van der Waals surface area contributed by atoms with Gasteiger partial charge in [-0.15, -0.1) is 0 Å². The smallest absolute Gasteiger partial charge is 0.291 e. The van der Waals surface area contributed by atoms with Crippen molar-refractivity contribution in [2.24, 2.45) is 5.10 Å². The summed E-state index contributed by atoms with van der Waals surface area (Å²) in [5.41, 5.74) is 4.81. The van der Waals surface area contributed by atoms with Gasteiger partial charge in [0.15, 0.2) is 0 Å². The van der Waals surface area contributed by atoms with Gasteiger partial charge in [0.05, 0.1) is 45.6 Å². The molecule has 1 N–H and O–H groups in total. The molecule has 3 rings (SSSR count). The summed E-state index contributed by atoms with van der Waals surface area (Å²) in [4.78, 5) is 20.7. The van der Waals surface area contributed by atoms with E-state index in [2.05, 4.69) is 20.5 Å². The quantitative estimate of drug-likeness (QED) is 0.491. The van der Waals surface area contributed by atoms with E-state index in [1.807, 2.05) is 24.3 Å². The van der Waals surface area contributed by atoms with Crippen LogP contribution in [0.25, 0.3) is 11.3 Å². The van der Waals surface area contributed by atoms with Gasteiger partial charge in [0.25, 0.3) is 5.91 Å². The van der Waals surface area contributed by atoms with E-state index in [-0.39, 0.29) is 5.69 Å². The first-order chi connectivity index (χ1) is 14.1. The molecule has 3 aromatic rings. The van der Waals surface area contributed by atoms with Crippen LogP contribution in [0.1, 0.15) is 16.1 Å². The van der Waals surface area contributed by atoms with Crippen molar-refractivity contribution in [1.82, 2.24) is 15.4 Å². The number of hydrogen-bond donors (Lipinski definition) is 1. The number of carbonyl (C=O) groups is 1. The Kier molecular flexibility index (Phi) is 6.36. The van der Waals surface area contributed by atoms with E-state index < -0.39 is 5.91 Å². The molecular weight excluding hydrogens is 372 g/mol. The van der Waals surface area contributed by atoms with E-state index in [0.29, 0.717) is 22.8 Å². The average molecular weight is 392 g/mol. The molecule has 0 saturated heterocycles. The van der Waals surface area contributed by atoms with Crippen LogP contribution in [0.15, 0.2) is 60.0 Å². The third-order valence-electron chi connectivity index (χ3n) is 4.02. The minimum atomic E-state index is -0.468. The molecule has 148 valence electrons. The zero-order valence-electron chi connectivity index (χ0n) is 16.2. The summed E-state index contributed by atoms with van der Waals surface area (Å²) in [6, 6.07) is 12.7. The fourth-order valence-electron chi connectivity index (χ4n) is 2.48. The number of carbonyl (C=O) groups excluding carboxylic acids is 1. The number of hydrazone groups is 1. The normalized spacial score (nSPS) is 10.6. The molecule has 0 atom stereocenters. The van der Waals surface area contributed by atoms with Crippen LogP contribution in [-0.2, 0) is 0 Å². The minimum Gasteiger partial charge on any atom is -0.497 e. The predicted octanol–water partition coefficient (Wildman–Crippen LogP) is 2.93. The second-order valence-electron chi connectivity index (χ2n) is 5.86. The number of methoxy groups -OCH3 is 3. The van der Waals surface area contributed by atoms with Crippen molar-refractivity contribution in [3.8, 4) is 28.5 Å². The lowest BCUT2D eigenvalue weighted by atomic mass is 10.1. The monoisotopic (exact) mass is 392 g/mol. The SMILES string of the molecule is COc1ccc(-c2cnc(C(=O)NN=Cc3cc(OC)cc(OC)c3)cn2)cc1. The molecule has 0 aliphatic heterocycles. The third-order valence-corrected chi connectivity index (χ3v) is 4.02. The van der Waals surface area contributed by atoms with Crippen LogP contribution >= 0.6 is 0 Å². The fourth-order valence-corrected chi connectivity index (χ4v) is 2.48. The van der Waals surface area contributed by atoms with Crippen LogP contribution in [0, 0.1) is 0 Å².